The Bertz CT molecular complexity index is 160. The van der Waals surface area contributed by atoms with Gasteiger partial charge in [-0.2, -0.15) is 0 Å². The summed E-state index contributed by atoms with van der Waals surface area (Å²) in [5.74, 6) is -2.24. The molecule has 1 radical (unpaired) electrons. The summed E-state index contributed by atoms with van der Waals surface area (Å²) in [6.45, 7) is 4.80. The molecule has 0 fully saturated rings. The fourth-order valence-electron chi connectivity index (χ4n) is 0. The number of carboxylic acids is 3. The molecule has 0 aromatic carbocycles. The van der Waals surface area contributed by atoms with Gasteiger partial charge in [-0.25, -0.2) is 0 Å². The fourth-order valence-corrected chi connectivity index (χ4v) is 0. The third-order valence-electron chi connectivity index (χ3n) is 0.907. The summed E-state index contributed by atoms with van der Waals surface area (Å²) in [7, 11) is 0. The van der Waals surface area contributed by atoms with Crippen LogP contribution in [0.3, 0.4) is 0 Å². The van der Waals surface area contributed by atoms with Crippen molar-refractivity contribution in [1.29, 1.82) is 0 Å². The van der Waals surface area contributed by atoms with Gasteiger partial charge in [0.25, 0.3) is 0 Å². The largest absolute Gasteiger partial charge is 0.481 e. The van der Waals surface area contributed by atoms with Crippen LogP contribution in [-0.2, 0) is 14.4 Å². The number of hydrogen-bond acceptors (Lipinski definition) is 3. The molecule has 0 aromatic rings. The van der Waals surface area contributed by atoms with E-state index in [1.54, 1.807) is 20.8 Å². The Hall–Kier alpha value is -0.435. The molecule has 0 unspecified atom stereocenters. The smallest absolute Gasteiger partial charge is 0.303 e. The Balaban J connectivity index is -0.0000000400. The summed E-state index contributed by atoms with van der Waals surface area (Å²) in [6.07, 6.45) is 0.667. The molecule has 101 valence electrons. The van der Waals surface area contributed by atoms with E-state index >= 15 is 0 Å². The molecule has 8 heteroatoms. The zero-order chi connectivity index (χ0) is 12.9. The summed E-state index contributed by atoms with van der Waals surface area (Å²) >= 11 is 0. The van der Waals surface area contributed by atoms with Gasteiger partial charge >= 0.3 is 17.9 Å². The van der Waals surface area contributed by atoms with Gasteiger partial charge < -0.3 is 20.8 Å². The van der Waals surface area contributed by atoms with Gasteiger partial charge in [-0.3, -0.25) is 14.4 Å². The molecular weight excluding hydrogens is 359 g/mol. The average Bonchev–Trinajstić information content (AvgIpc) is 2.19. The van der Waals surface area contributed by atoms with Crippen LogP contribution in [0.4, 0.5) is 0 Å². The monoisotopic (exact) mass is 379 g/mol. The van der Waals surface area contributed by atoms with Crippen molar-refractivity contribution in [3.05, 3.63) is 0 Å². The van der Waals surface area contributed by atoms with Crippen LogP contribution < -0.4 is 0 Å². The number of carboxylic acid groups (broad SMARTS) is 3. The van der Waals surface area contributed by atoms with Crippen LogP contribution >= 0.6 is 0 Å². The molecule has 0 heterocycles. The topological polar surface area (TPSA) is 143 Å². The zero-order valence-corrected chi connectivity index (χ0v) is 13.9. The molecule has 0 aliphatic rings. The van der Waals surface area contributed by atoms with Gasteiger partial charge in [-0.15, -0.1) is 0 Å². The molecule has 5 N–H and O–H groups in total. The maximum absolute atomic E-state index is 9.37. The number of aliphatic carboxylic acids is 3. The number of hydrogen-bond donors (Lipinski definition) is 3. The molecule has 0 aliphatic heterocycles. The first kappa shape index (κ1) is 30.0. The molecule has 7 nitrogen and oxygen atoms in total. The van der Waals surface area contributed by atoms with Crippen LogP contribution in [-0.4, -0.2) is 38.7 Å². The Morgan fingerprint density at radius 2 is 0.765 bits per heavy atom. The van der Waals surface area contributed by atoms with Crippen LogP contribution in [0.2, 0.25) is 0 Å². The van der Waals surface area contributed by atoms with Gasteiger partial charge in [-0.05, 0) is 0 Å². The van der Waals surface area contributed by atoms with E-state index in [0.717, 1.165) is 0 Å². The quantitative estimate of drug-likeness (QED) is 0.656. The minimum Gasteiger partial charge on any atom is -0.481 e. The van der Waals surface area contributed by atoms with Gasteiger partial charge in [0.15, 0.2) is 0 Å². The van der Waals surface area contributed by atoms with Crippen LogP contribution in [0, 0.1) is 35.6 Å². The summed E-state index contributed by atoms with van der Waals surface area (Å²) in [4.78, 5) is 28.1. The van der Waals surface area contributed by atoms with Crippen LogP contribution in [0.5, 0.6) is 0 Å². The van der Waals surface area contributed by atoms with Gasteiger partial charge in [0.2, 0.25) is 0 Å². The van der Waals surface area contributed by atoms with Crippen molar-refractivity contribution < 1.29 is 70.8 Å². The molecule has 0 bridgehead atoms. The van der Waals surface area contributed by atoms with Crippen molar-refractivity contribution >= 4 is 17.9 Å². The minimum atomic E-state index is -0.745. The average molecular weight is 379 g/mol. The second-order valence-electron chi connectivity index (χ2n) is 2.24. The Morgan fingerprint density at radius 1 is 0.706 bits per heavy atom. The van der Waals surface area contributed by atoms with Crippen LogP contribution in [0.1, 0.15) is 40.0 Å². The molecule has 0 rings (SSSR count). The van der Waals surface area contributed by atoms with Crippen molar-refractivity contribution in [2.45, 2.75) is 40.0 Å². The van der Waals surface area contributed by atoms with Crippen molar-refractivity contribution in [2.75, 3.05) is 0 Å². The molecule has 0 saturated carbocycles. The molecule has 0 amide bonds. The van der Waals surface area contributed by atoms with Gasteiger partial charge in [0.05, 0.1) is 0 Å². The van der Waals surface area contributed by atoms with E-state index in [1.807, 2.05) is 0 Å². The van der Waals surface area contributed by atoms with E-state index in [4.69, 9.17) is 15.3 Å². The van der Waals surface area contributed by atoms with E-state index in [-0.39, 0.29) is 60.3 Å². The number of carbonyl (C=O) groups is 3. The second-order valence-corrected chi connectivity index (χ2v) is 2.24. The normalized spacial score (nSPS) is 6.53. The first-order valence-electron chi connectivity index (χ1n) is 4.47. The summed E-state index contributed by atoms with van der Waals surface area (Å²) in [5, 5.41) is 23.2. The SMILES string of the molecule is CCC(=O)O.CCC(=O)O.CCC(=O)O.O.[La]. The molecule has 0 aliphatic carbocycles. The van der Waals surface area contributed by atoms with E-state index < -0.39 is 17.9 Å². The van der Waals surface area contributed by atoms with Gasteiger partial charge in [-0.1, -0.05) is 20.8 Å². The van der Waals surface area contributed by atoms with E-state index in [1.165, 1.54) is 0 Å². The third kappa shape index (κ3) is 92.5. The maximum Gasteiger partial charge on any atom is 0.303 e. The maximum atomic E-state index is 9.37. The predicted octanol–water partition coefficient (Wildman–Crippen LogP) is 0.618. The zero-order valence-electron chi connectivity index (χ0n) is 10.3. The Morgan fingerprint density at radius 3 is 0.765 bits per heavy atom. The summed E-state index contributed by atoms with van der Waals surface area (Å²) in [6, 6.07) is 0. The van der Waals surface area contributed by atoms with Gasteiger partial charge in [0, 0.05) is 54.9 Å². The van der Waals surface area contributed by atoms with Crippen molar-refractivity contribution in [3.8, 4) is 0 Å². The Kier molecular flexibility index (Phi) is 43.6. The van der Waals surface area contributed by atoms with E-state index in [2.05, 4.69) is 0 Å². The molecule has 0 atom stereocenters. The second kappa shape index (κ2) is 24.7. The molecule has 17 heavy (non-hydrogen) atoms. The minimum absolute atomic E-state index is 0. The van der Waals surface area contributed by atoms with Gasteiger partial charge in [0.1, 0.15) is 0 Å². The fraction of sp³-hybridized carbons (Fsp3) is 0.667. The van der Waals surface area contributed by atoms with Crippen LogP contribution in [0.15, 0.2) is 0 Å². The summed E-state index contributed by atoms with van der Waals surface area (Å²) < 4.78 is 0. The van der Waals surface area contributed by atoms with Crippen molar-refractivity contribution in [3.63, 3.8) is 0 Å². The molecule has 0 aromatic heterocycles. The van der Waals surface area contributed by atoms with E-state index in [0.29, 0.717) is 0 Å². The molecule has 0 spiro atoms. The predicted molar refractivity (Wildman–Crippen MR) is 57.4 cm³/mol. The van der Waals surface area contributed by atoms with Crippen molar-refractivity contribution in [2.24, 2.45) is 0 Å². The first-order chi connectivity index (χ1) is 6.81. The van der Waals surface area contributed by atoms with Crippen molar-refractivity contribution in [1.82, 2.24) is 0 Å². The Labute approximate surface area is 128 Å². The first-order valence-corrected chi connectivity index (χ1v) is 4.47. The molecular formula is C9H20LaO7. The number of rotatable bonds is 3. The van der Waals surface area contributed by atoms with E-state index in [9.17, 15) is 14.4 Å². The van der Waals surface area contributed by atoms with Crippen LogP contribution in [0.25, 0.3) is 0 Å². The third-order valence-corrected chi connectivity index (χ3v) is 0.907. The summed E-state index contributed by atoms with van der Waals surface area (Å²) in [5.41, 5.74) is 0. The standard InChI is InChI=1S/3C3H6O2.La.H2O/c3*1-2-3(4)5;;/h3*2H2,1H3,(H,4,5);;1H2. The molecule has 0 saturated heterocycles.